The predicted octanol–water partition coefficient (Wildman–Crippen LogP) is 1.69. The van der Waals surface area contributed by atoms with Gasteiger partial charge in [0, 0.05) is 12.1 Å². The van der Waals surface area contributed by atoms with Gasteiger partial charge in [-0.05, 0) is 39.5 Å². The Morgan fingerprint density at radius 1 is 1.26 bits per heavy atom. The summed E-state index contributed by atoms with van der Waals surface area (Å²) in [5.41, 5.74) is -0.390. The van der Waals surface area contributed by atoms with Crippen molar-refractivity contribution in [3.8, 4) is 0 Å². The summed E-state index contributed by atoms with van der Waals surface area (Å²) in [5.74, 6) is 0.600. The largest absolute Gasteiger partial charge is 0.392 e. The molecule has 0 spiro atoms. The van der Waals surface area contributed by atoms with Crippen LogP contribution in [0.15, 0.2) is 0 Å². The quantitative estimate of drug-likeness (QED) is 0.660. The van der Waals surface area contributed by atoms with Crippen molar-refractivity contribution in [1.29, 1.82) is 0 Å². The summed E-state index contributed by atoms with van der Waals surface area (Å²) in [6.45, 7) is 8.64. The van der Waals surface area contributed by atoms with Crippen molar-refractivity contribution in [2.45, 2.75) is 77.2 Å². The second kappa shape index (κ2) is 7.58. The van der Waals surface area contributed by atoms with E-state index in [-0.39, 0.29) is 5.54 Å². The molecule has 19 heavy (non-hydrogen) atoms. The summed E-state index contributed by atoms with van der Waals surface area (Å²) < 4.78 is 5.83. The number of β-amino-alcohol motifs (C(OH)–C–C–N with tert-alkyl or cyclic N) is 1. The molecule has 4 atom stereocenters. The number of hydrogen-bond acceptors (Lipinski definition) is 4. The average Bonchev–Trinajstić information content (AvgIpc) is 2.35. The van der Waals surface area contributed by atoms with Crippen LogP contribution >= 0.6 is 0 Å². The zero-order valence-corrected chi connectivity index (χ0v) is 12.9. The van der Waals surface area contributed by atoms with Gasteiger partial charge < -0.3 is 20.3 Å². The molecule has 114 valence electrons. The maximum atomic E-state index is 9.94. The lowest BCUT2D eigenvalue weighted by molar-refractivity contribution is -0.0478. The molecule has 4 unspecified atom stereocenters. The SMILES string of the molecule is CC1CCCCC1OCC(O)CNC(C)(C)C(C)O. The number of aliphatic hydroxyl groups excluding tert-OH is 2. The molecule has 1 saturated carbocycles. The molecule has 0 bridgehead atoms. The number of aliphatic hydroxyl groups is 2. The van der Waals surface area contributed by atoms with E-state index in [1.54, 1.807) is 6.92 Å². The van der Waals surface area contributed by atoms with Crippen molar-refractivity contribution in [2.24, 2.45) is 5.92 Å². The van der Waals surface area contributed by atoms with Gasteiger partial charge in [-0.25, -0.2) is 0 Å². The molecular formula is C15H31NO3. The lowest BCUT2D eigenvalue weighted by Gasteiger charge is -2.32. The third kappa shape index (κ3) is 5.78. The monoisotopic (exact) mass is 273 g/mol. The minimum absolute atomic E-state index is 0.299. The average molecular weight is 273 g/mol. The van der Waals surface area contributed by atoms with Gasteiger partial charge in [0.05, 0.1) is 24.9 Å². The molecule has 0 aromatic rings. The smallest absolute Gasteiger partial charge is 0.0898 e. The Morgan fingerprint density at radius 3 is 2.47 bits per heavy atom. The molecule has 1 aliphatic rings. The van der Waals surface area contributed by atoms with Gasteiger partial charge >= 0.3 is 0 Å². The number of nitrogens with one attached hydrogen (secondary N) is 1. The van der Waals surface area contributed by atoms with Crippen LogP contribution in [0.3, 0.4) is 0 Å². The molecular weight excluding hydrogens is 242 g/mol. The van der Waals surface area contributed by atoms with Crippen molar-refractivity contribution < 1.29 is 14.9 Å². The molecule has 0 amide bonds. The predicted molar refractivity (Wildman–Crippen MR) is 77.1 cm³/mol. The molecule has 0 radical (unpaired) electrons. The highest BCUT2D eigenvalue weighted by atomic mass is 16.5. The van der Waals surface area contributed by atoms with Crippen LogP contribution in [0.5, 0.6) is 0 Å². The summed E-state index contributed by atoms with van der Waals surface area (Å²) in [6, 6.07) is 0. The first-order valence-corrected chi connectivity index (χ1v) is 7.55. The normalized spacial score (nSPS) is 28.1. The zero-order chi connectivity index (χ0) is 14.5. The van der Waals surface area contributed by atoms with E-state index < -0.39 is 12.2 Å². The fraction of sp³-hybridized carbons (Fsp3) is 1.00. The minimum atomic E-state index is -0.521. The van der Waals surface area contributed by atoms with Crippen LogP contribution in [-0.2, 0) is 4.74 Å². The van der Waals surface area contributed by atoms with Gasteiger partial charge in [0.25, 0.3) is 0 Å². The Balaban J connectivity index is 2.22. The van der Waals surface area contributed by atoms with Gasteiger partial charge in [0.15, 0.2) is 0 Å². The molecule has 0 heterocycles. The molecule has 3 N–H and O–H groups in total. The number of hydrogen-bond donors (Lipinski definition) is 3. The molecule has 0 aliphatic heterocycles. The Hall–Kier alpha value is -0.160. The third-order valence-corrected chi connectivity index (χ3v) is 4.37. The highest BCUT2D eigenvalue weighted by Gasteiger charge is 2.25. The Labute approximate surface area is 117 Å². The van der Waals surface area contributed by atoms with E-state index in [4.69, 9.17) is 4.74 Å². The van der Waals surface area contributed by atoms with Crippen molar-refractivity contribution in [3.63, 3.8) is 0 Å². The van der Waals surface area contributed by atoms with Crippen molar-refractivity contribution in [2.75, 3.05) is 13.2 Å². The third-order valence-electron chi connectivity index (χ3n) is 4.37. The van der Waals surface area contributed by atoms with Crippen LogP contribution < -0.4 is 5.32 Å². The zero-order valence-electron chi connectivity index (χ0n) is 12.9. The minimum Gasteiger partial charge on any atom is -0.392 e. The topological polar surface area (TPSA) is 61.7 Å². The standard InChI is InChI=1S/C15H31NO3/c1-11-7-5-6-8-14(11)19-10-13(18)9-16-15(3,4)12(2)17/h11-14,16-18H,5-10H2,1-4H3. The van der Waals surface area contributed by atoms with Gasteiger partial charge in [0.2, 0.25) is 0 Å². The summed E-state index contributed by atoms with van der Waals surface area (Å²) in [6.07, 6.45) is 4.19. The van der Waals surface area contributed by atoms with Gasteiger partial charge in [-0.2, -0.15) is 0 Å². The van der Waals surface area contributed by atoms with Crippen molar-refractivity contribution in [1.82, 2.24) is 5.32 Å². The summed E-state index contributed by atoms with van der Waals surface area (Å²) in [7, 11) is 0. The van der Waals surface area contributed by atoms with E-state index in [1.165, 1.54) is 19.3 Å². The highest BCUT2D eigenvalue weighted by Crippen LogP contribution is 2.26. The van der Waals surface area contributed by atoms with Crippen LogP contribution in [0, 0.1) is 5.92 Å². The van der Waals surface area contributed by atoms with E-state index in [2.05, 4.69) is 12.2 Å². The first kappa shape index (κ1) is 16.9. The van der Waals surface area contributed by atoms with Crippen LogP contribution in [0.1, 0.15) is 53.4 Å². The first-order chi connectivity index (χ1) is 8.83. The number of ether oxygens (including phenoxy) is 1. The maximum Gasteiger partial charge on any atom is 0.0898 e. The fourth-order valence-electron chi connectivity index (χ4n) is 2.35. The van der Waals surface area contributed by atoms with Crippen LogP contribution in [-0.4, -0.2) is 47.2 Å². The van der Waals surface area contributed by atoms with Crippen molar-refractivity contribution >= 4 is 0 Å². The van der Waals surface area contributed by atoms with Gasteiger partial charge in [-0.3, -0.25) is 0 Å². The molecule has 1 rings (SSSR count). The molecule has 0 aromatic heterocycles. The molecule has 4 nitrogen and oxygen atoms in total. The van der Waals surface area contributed by atoms with Crippen molar-refractivity contribution in [3.05, 3.63) is 0 Å². The second-order valence-electron chi connectivity index (χ2n) is 6.57. The van der Waals surface area contributed by atoms with E-state index in [9.17, 15) is 10.2 Å². The van der Waals surface area contributed by atoms with Crippen LogP contribution in [0.2, 0.25) is 0 Å². The lowest BCUT2D eigenvalue weighted by atomic mass is 9.88. The van der Waals surface area contributed by atoms with E-state index in [1.807, 2.05) is 13.8 Å². The molecule has 0 aromatic carbocycles. The van der Waals surface area contributed by atoms with Crippen LogP contribution in [0.4, 0.5) is 0 Å². The summed E-state index contributed by atoms with van der Waals surface area (Å²) in [4.78, 5) is 0. The summed E-state index contributed by atoms with van der Waals surface area (Å²) in [5, 5.41) is 22.7. The van der Waals surface area contributed by atoms with E-state index in [0.29, 0.717) is 25.2 Å². The van der Waals surface area contributed by atoms with E-state index >= 15 is 0 Å². The lowest BCUT2D eigenvalue weighted by Crippen LogP contribution is -2.51. The Kier molecular flexibility index (Phi) is 6.74. The molecule has 0 saturated heterocycles. The molecule has 1 fully saturated rings. The Bertz CT molecular complexity index is 256. The van der Waals surface area contributed by atoms with Gasteiger partial charge in [0.1, 0.15) is 0 Å². The number of rotatable bonds is 7. The van der Waals surface area contributed by atoms with Gasteiger partial charge in [-0.1, -0.05) is 19.8 Å². The first-order valence-electron chi connectivity index (χ1n) is 7.55. The van der Waals surface area contributed by atoms with Gasteiger partial charge in [-0.15, -0.1) is 0 Å². The maximum absolute atomic E-state index is 9.94. The molecule has 4 heteroatoms. The second-order valence-corrected chi connectivity index (χ2v) is 6.57. The Morgan fingerprint density at radius 2 is 1.89 bits per heavy atom. The summed E-state index contributed by atoms with van der Waals surface area (Å²) >= 11 is 0. The highest BCUT2D eigenvalue weighted by molar-refractivity contribution is 4.84. The van der Waals surface area contributed by atoms with Crippen LogP contribution in [0.25, 0.3) is 0 Å². The van der Waals surface area contributed by atoms with E-state index in [0.717, 1.165) is 6.42 Å². The molecule has 1 aliphatic carbocycles. The fourth-order valence-corrected chi connectivity index (χ4v) is 2.35.